The minimum atomic E-state index is -5.13. The van der Waals surface area contributed by atoms with Crippen molar-refractivity contribution in [1.82, 2.24) is 4.47 Å². The van der Waals surface area contributed by atoms with E-state index in [2.05, 4.69) is 4.84 Å². The number of hydrogen-bond donors (Lipinski definition) is 1. The second-order valence-electron chi connectivity index (χ2n) is 2.27. The zero-order valence-corrected chi connectivity index (χ0v) is 8.52. The van der Waals surface area contributed by atoms with Crippen LogP contribution in [0.1, 0.15) is 6.92 Å². The Morgan fingerprint density at radius 3 is 2.33 bits per heavy atom. The first kappa shape index (κ1) is 14.0. The van der Waals surface area contributed by atoms with Gasteiger partial charge in [0.05, 0.1) is 0 Å². The molecular formula is C6H9F3N2O3S. The van der Waals surface area contributed by atoms with Gasteiger partial charge in [-0.25, -0.2) is 4.79 Å². The van der Waals surface area contributed by atoms with E-state index in [1.54, 1.807) is 0 Å². The molecule has 0 saturated carbocycles. The molecular weight excluding hydrogens is 237 g/mol. The molecule has 0 fully saturated rings. The molecule has 0 aromatic rings. The molecule has 0 aromatic carbocycles. The van der Waals surface area contributed by atoms with E-state index in [4.69, 9.17) is 5.73 Å². The smallest absolute Gasteiger partial charge is 0.330 e. The van der Waals surface area contributed by atoms with Crippen LogP contribution in [0.15, 0.2) is 0 Å². The Morgan fingerprint density at radius 2 is 2.00 bits per heavy atom. The van der Waals surface area contributed by atoms with Gasteiger partial charge >= 0.3 is 12.1 Å². The van der Waals surface area contributed by atoms with Crippen molar-refractivity contribution >= 4 is 23.8 Å². The number of alkyl halides is 3. The molecule has 2 N–H and O–H groups in total. The van der Waals surface area contributed by atoms with Crippen LogP contribution in [0.4, 0.5) is 13.2 Å². The largest absolute Gasteiger partial charge is 0.493 e. The second kappa shape index (κ2) is 5.81. The average molecular weight is 246 g/mol. The van der Waals surface area contributed by atoms with Crippen molar-refractivity contribution in [2.75, 3.05) is 12.3 Å². The summed E-state index contributed by atoms with van der Waals surface area (Å²) in [5, 5.41) is 0. The number of rotatable bonds is 3. The number of hydrogen-bond acceptors (Lipinski definition) is 5. The van der Waals surface area contributed by atoms with Crippen LogP contribution in [0.3, 0.4) is 0 Å². The number of nitrogens with two attached hydrogens (primary N) is 1. The van der Waals surface area contributed by atoms with Crippen LogP contribution in [0.2, 0.25) is 0 Å². The van der Waals surface area contributed by atoms with E-state index in [0.717, 1.165) is 6.92 Å². The maximum Gasteiger partial charge on any atom is 0.493 e. The van der Waals surface area contributed by atoms with Gasteiger partial charge in [0.1, 0.15) is 0 Å². The van der Waals surface area contributed by atoms with E-state index in [1.165, 1.54) is 0 Å². The van der Waals surface area contributed by atoms with Crippen molar-refractivity contribution in [3.63, 3.8) is 0 Å². The van der Waals surface area contributed by atoms with Crippen LogP contribution < -0.4 is 5.73 Å². The first-order valence-corrected chi connectivity index (χ1v) is 4.66. The van der Waals surface area contributed by atoms with Gasteiger partial charge in [-0.05, 0) is 11.9 Å². The summed E-state index contributed by atoms with van der Waals surface area (Å²) in [4.78, 5) is 24.9. The van der Waals surface area contributed by atoms with E-state index >= 15 is 0 Å². The van der Waals surface area contributed by atoms with Gasteiger partial charge in [0.15, 0.2) is 0 Å². The standard InChI is InChI=1S/C6H9F3N2O3S/c1-4(12)11(15-3-2-10)14-5(13)6(7,8)9/h2-3,10H2,1H3. The fraction of sp³-hybridized carbons (Fsp3) is 0.667. The van der Waals surface area contributed by atoms with Crippen LogP contribution in [0.25, 0.3) is 0 Å². The first-order chi connectivity index (χ1) is 6.79. The molecule has 0 aromatic heterocycles. The molecule has 0 unspecified atom stereocenters. The quantitative estimate of drug-likeness (QED) is 0.578. The summed E-state index contributed by atoms with van der Waals surface area (Å²) < 4.78 is 35.5. The van der Waals surface area contributed by atoms with E-state index < -0.39 is 18.1 Å². The van der Waals surface area contributed by atoms with Gasteiger partial charge in [0, 0.05) is 19.2 Å². The van der Waals surface area contributed by atoms with Gasteiger partial charge in [-0.1, -0.05) is 0 Å². The summed E-state index contributed by atoms with van der Waals surface area (Å²) in [6.45, 7) is 1.10. The lowest BCUT2D eigenvalue weighted by Crippen LogP contribution is -2.34. The Labute approximate surface area is 87.8 Å². The Morgan fingerprint density at radius 1 is 1.47 bits per heavy atom. The molecule has 0 aliphatic carbocycles. The number of halogens is 3. The predicted molar refractivity (Wildman–Crippen MR) is 46.2 cm³/mol. The van der Waals surface area contributed by atoms with E-state index in [9.17, 15) is 22.8 Å². The summed E-state index contributed by atoms with van der Waals surface area (Å²) in [6, 6.07) is 0. The molecule has 0 heterocycles. The Hall–Kier alpha value is -0.960. The van der Waals surface area contributed by atoms with Gasteiger partial charge in [0.25, 0.3) is 5.91 Å². The average Bonchev–Trinajstić information content (AvgIpc) is 2.09. The van der Waals surface area contributed by atoms with Gasteiger partial charge in [-0.3, -0.25) is 4.79 Å². The van der Waals surface area contributed by atoms with Crippen LogP contribution >= 0.6 is 11.9 Å². The zero-order valence-electron chi connectivity index (χ0n) is 7.71. The number of nitrogens with zero attached hydrogens (tertiary/aromatic N) is 1. The molecule has 0 atom stereocenters. The van der Waals surface area contributed by atoms with Crippen molar-refractivity contribution in [2.45, 2.75) is 13.1 Å². The summed E-state index contributed by atoms with van der Waals surface area (Å²) >= 11 is 0.590. The molecule has 0 spiro atoms. The lowest BCUT2D eigenvalue weighted by atomic mass is 10.7. The highest BCUT2D eigenvalue weighted by Gasteiger charge is 2.43. The molecule has 9 heteroatoms. The summed E-state index contributed by atoms with van der Waals surface area (Å²) in [5.74, 6) is -3.11. The Balaban J connectivity index is 4.29. The number of carbonyl (C=O) groups is 2. The van der Waals surface area contributed by atoms with E-state index in [1.807, 2.05) is 0 Å². The molecule has 0 radical (unpaired) electrons. The van der Waals surface area contributed by atoms with E-state index in [-0.39, 0.29) is 16.8 Å². The van der Waals surface area contributed by atoms with Crippen molar-refractivity contribution in [2.24, 2.45) is 5.73 Å². The molecule has 0 aliphatic heterocycles. The highest BCUT2D eigenvalue weighted by atomic mass is 32.2. The predicted octanol–water partition coefficient (Wildman–Crippen LogP) is 0.462. The van der Waals surface area contributed by atoms with Gasteiger partial charge in [-0.15, -0.1) is 4.47 Å². The zero-order chi connectivity index (χ0) is 12.1. The van der Waals surface area contributed by atoms with Crippen LogP contribution in [-0.4, -0.2) is 34.8 Å². The maximum absolute atomic E-state index is 11.7. The third kappa shape index (κ3) is 5.47. The minimum Gasteiger partial charge on any atom is -0.330 e. The molecule has 88 valence electrons. The fourth-order valence-electron chi connectivity index (χ4n) is 0.444. The molecule has 0 rings (SSSR count). The van der Waals surface area contributed by atoms with Gasteiger partial charge in [-0.2, -0.15) is 13.2 Å². The Kier molecular flexibility index (Phi) is 5.44. The number of carbonyl (C=O) groups excluding carboxylic acids is 2. The molecule has 0 bridgehead atoms. The van der Waals surface area contributed by atoms with Gasteiger partial charge < -0.3 is 10.6 Å². The molecule has 15 heavy (non-hydrogen) atoms. The van der Waals surface area contributed by atoms with Crippen LogP contribution in [0.5, 0.6) is 0 Å². The summed E-state index contributed by atoms with van der Waals surface area (Å²) in [6.07, 6.45) is -5.13. The molecule has 5 nitrogen and oxygen atoms in total. The number of hydroxylamine groups is 1. The van der Waals surface area contributed by atoms with Crippen molar-refractivity contribution in [1.29, 1.82) is 0 Å². The monoisotopic (exact) mass is 246 g/mol. The third-order valence-electron chi connectivity index (χ3n) is 0.981. The second-order valence-corrected chi connectivity index (χ2v) is 3.27. The van der Waals surface area contributed by atoms with E-state index in [0.29, 0.717) is 11.9 Å². The topological polar surface area (TPSA) is 72.6 Å². The summed E-state index contributed by atoms with van der Waals surface area (Å²) in [7, 11) is 0. The summed E-state index contributed by atoms with van der Waals surface area (Å²) in [5.41, 5.74) is 5.07. The highest BCUT2D eigenvalue weighted by Crippen LogP contribution is 2.20. The lowest BCUT2D eigenvalue weighted by molar-refractivity contribution is -0.221. The van der Waals surface area contributed by atoms with Crippen molar-refractivity contribution in [3.05, 3.63) is 0 Å². The maximum atomic E-state index is 11.7. The molecule has 1 amide bonds. The first-order valence-electron chi connectivity index (χ1n) is 3.71. The van der Waals surface area contributed by atoms with Crippen LogP contribution in [-0.2, 0) is 14.4 Å². The highest BCUT2D eigenvalue weighted by molar-refractivity contribution is 7.97. The lowest BCUT2D eigenvalue weighted by Gasteiger charge is -2.17. The third-order valence-corrected chi connectivity index (χ3v) is 1.97. The fourth-order valence-corrected chi connectivity index (χ4v) is 1.02. The Bertz CT molecular complexity index is 246. The molecule has 0 saturated heterocycles. The van der Waals surface area contributed by atoms with Crippen molar-refractivity contribution in [3.8, 4) is 0 Å². The molecule has 0 aliphatic rings. The normalized spacial score (nSPS) is 11.0. The van der Waals surface area contributed by atoms with Crippen LogP contribution in [0, 0.1) is 0 Å². The SMILES string of the molecule is CC(=O)N(OC(=O)C(F)(F)F)SCCN. The van der Waals surface area contributed by atoms with Crippen molar-refractivity contribution < 1.29 is 27.6 Å². The number of amides is 1. The minimum absolute atomic E-state index is 0.137. The van der Waals surface area contributed by atoms with Gasteiger partial charge in [0.2, 0.25) is 0 Å².